The number of rotatable bonds is 3. The van der Waals surface area contributed by atoms with Crippen LogP contribution in [0, 0.1) is 18.7 Å². The number of nitrogens with zero attached hydrogens (tertiary/aromatic N) is 1. The van der Waals surface area contributed by atoms with E-state index in [1.165, 1.54) is 31.2 Å². The van der Waals surface area contributed by atoms with Crippen LogP contribution < -0.4 is 10.2 Å². The fraction of sp³-hybridized carbons (Fsp3) is 0.233. The minimum atomic E-state index is -1.33. The number of benzene rings is 3. The molecule has 3 aromatic rings. The van der Waals surface area contributed by atoms with Crippen LogP contribution in [-0.4, -0.2) is 29.6 Å². The first-order valence-electron chi connectivity index (χ1n) is 12.0. The molecule has 0 aromatic heterocycles. The van der Waals surface area contributed by atoms with Crippen molar-refractivity contribution in [3.05, 3.63) is 101 Å². The lowest BCUT2D eigenvalue weighted by atomic mass is 9.64. The molecule has 0 unspecified atom stereocenters. The highest BCUT2D eigenvalue weighted by molar-refractivity contribution is 6.16. The minimum Gasteiger partial charge on any atom is -0.352 e. The van der Waals surface area contributed by atoms with Crippen molar-refractivity contribution >= 4 is 34.4 Å². The summed E-state index contributed by atoms with van der Waals surface area (Å²) < 4.78 is 13.7. The van der Waals surface area contributed by atoms with Gasteiger partial charge in [0.2, 0.25) is 5.91 Å². The average molecular weight is 481 g/mol. The van der Waals surface area contributed by atoms with Crippen molar-refractivity contribution in [3.8, 4) is 0 Å². The zero-order chi connectivity index (χ0) is 25.4. The number of amides is 1. The largest absolute Gasteiger partial charge is 0.352 e. The smallest absolute Gasteiger partial charge is 0.238 e. The zero-order valence-electron chi connectivity index (χ0n) is 20.2. The summed E-state index contributed by atoms with van der Waals surface area (Å²) in [4.78, 5) is 43.7. The van der Waals surface area contributed by atoms with Gasteiger partial charge in [-0.2, -0.15) is 0 Å². The van der Waals surface area contributed by atoms with Crippen LogP contribution in [0.3, 0.4) is 0 Å². The highest BCUT2D eigenvalue weighted by Gasteiger charge is 2.70. The number of Topliss-reactive ketones (excluding diaryl/α,β-unsaturated/α-hetero) is 2. The molecule has 1 N–H and O–H groups in total. The second-order valence-corrected chi connectivity index (χ2v) is 10.00. The number of anilines is 2. The van der Waals surface area contributed by atoms with Crippen molar-refractivity contribution in [2.75, 3.05) is 10.2 Å². The molecule has 3 aliphatic rings. The number of nitrogens with one attached hydrogen (secondary N) is 1. The lowest BCUT2D eigenvalue weighted by Gasteiger charge is -2.39. The third-order valence-electron chi connectivity index (χ3n) is 7.96. The molecule has 36 heavy (non-hydrogen) atoms. The van der Waals surface area contributed by atoms with Gasteiger partial charge in [-0.25, -0.2) is 4.39 Å². The van der Waals surface area contributed by atoms with Crippen molar-refractivity contribution in [2.24, 2.45) is 5.92 Å². The molecular weight excluding hydrogens is 455 g/mol. The maximum absolute atomic E-state index is 14.3. The van der Waals surface area contributed by atoms with Gasteiger partial charge in [0.25, 0.3) is 0 Å². The molecule has 4 atom stereocenters. The van der Waals surface area contributed by atoms with Gasteiger partial charge in [-0.3, -0.25) is 14.4 Å². The van der Waals surface area contributed by atoms with Crippen LogP contribution >= 0.6 is 0 Å². The van der Waals surface area contributed by atoms with Crippen LogP contribution in [0.1, 0.15) is 40.9 Å². The van der Waals surface area contributed by atoms with Crippen LogP contribution in [0.5, 0.6) is 0 Å². The fourth-order valence-corrected chi connectivity index (χ4v) is 6.49. The first-order chi connectivity index (χ1) is 17.2. The van der Waals surface area contributed by atoms with E-state index >= 15 is 0 Å². The normalized spacial score (nSPS) is 25.7. The maximum atomic E-state index is 14.3. The molecule has 180 valence electrons. The average Bonchev–Trinajstić information content (AvgIpc) is 3.32. The Morgan fingerprint density at radius 1 is 1.00 bits per heavy atom. The SMILES string of the molecule is CC(=O)[C@@H]1[C@H](C(=O)c2ccc(F)cc2)[C@]2(C(=O)Nc3ccccc32)[C@H]2C=C(C)c3cc(C)ccc3N12. The summed E-state index contributed by atoms with van der Waals surface area (Å²) in [6.07, 6.45) is 2.03. The van der Waals surface area contributed by atoms with Gasteiger partial charge in [-0.05, 0) is 74.4 Å². The topological polar surface area (TPSA) is 66.5 Å². The molecule has 1 spiro atoms. The molecule has 1 fully saturated rings. The van der Waals surface area contributed by atoms with E-state index in [9.17, 15) is 18.8 Å². The van der Waals surface area contributed by atoms with Gasteiger partial charge < -0.3 is 10.2 Å². The molecule has 6 rings (SSSR count). The van der Waals surface area contributed by atoms with Crippen molar-refractivity contribution in [2.45, 2.75) is 38.3 Å². The molecule has 5 nitrogen and oxygen atoms in total. The van der Waals surface area contributed by atoms with Crippen molar-refractivity contribution in [3.63, 3.8) is 0 Å². The Balaban J connectivity index is 1.68. The van der Waals surface area contributed by atoms with Crippen molar-refractivity contribution in [1.82, 2.24) is 0 Å². The Kier molecular flexibility index (Phi) is 4.80. The van der Waals surface area contributed by atoms with E-state index in [0.29, 0.717) is 11.3 Å². The molecule has 3 aliphatic heterocycles. The summed E-state index contributed by atoms with van der Waals surface area (Å²) in [6.45, 7) is 5.48. The second kappa shape index (κ2) is 7.72. The highest BCUT2D eigenvalue weighted by atomic mass is 19.1. The molecular formula is C30H25FN2O3. The zero-order valence-corrected chi connectivity index (χ0v) is 20.2. The molecule has 1 amide bonds. The Morgan fingerprint density at radius 2 is 1.72 bits per heavy atom. The number of allylic oxidation sites excluding steroid dienone is 1. The van der Waals surface area contributed by atoms with E-state index in [1.807, 2.05) is 61.2 Å². The molecule has 3 heterocycles. The van der Waals surface area contributed by atoms with Crippen LogP contribution in [0.25, 0.3) is 5.57 Å². The van der Waals surface area contributed by atoms with Crippen LogP contribution in [-0.2, 0) is 15.0 Å². The number of fused-ring (bicyclic) bond motifs is 6. The fourth-order valence-electron chi connectivity index (χ4n) is 6.49. The first kappa shape index (κ1) is 22.4. The number of hydrogen-bond donors (Lipinski definition) is 1. The lowest BCUT2D eigenvalue weighted by molar-refractivity contribution is -0.122. The Labute approximate surface area is 208 Å². The third-order valence-corrected chi connectivity index (χ3v) is 7.96. The van der Waals surface area contributed by atoms with E-state index in [4.69, 9.17) is 0 Å². The van der Waals surface area contributed by atoms with E-state index in [1.54, 1.807) is 0 Å². The molecule has 0 radical (unpaired) electrons. The predicted octanol–water partition coefficient (Wildman–Crippen LogP) is 5.09. The Hall–Kier alpha value is -4.06. The predicted molar refractivity (Wildman–Crippen MR) is 137 cm³/mol. The summed E-state index contributed by atoms with van der Waals surface area (Å²) in [6, 6.07) is 17.3. The van der Waals surface area contributed by atoms with Crippen LogP contribution in [0.2, 0.25) is 0 Å². The summed E-state index contributed by atoms with van der Waals surface area (Å²) in [5.74, 6) is -2.32. The number of para-hydroxylation sites is 1. The summed E-state index contributed by atoms with van der Waals surface area (Å²) in [5.41, 5.74) is 4.17. The summed E-state index contributed by atoms with van der Waals surface area (Å²) in [5, 5.41) is 3.00. The van der Waals surface area contributed by atoms with Gasteiger partial charge >= 0.3 is 0 Å². The van der Waals surface area contributed by atoms with E-state index < -0.39 is 29.2 Å². The highest BCUT2D eigenvalue weighted by Crippen LogP contribution is 2.58. The standard InChI is InChI=1S/C30H25FN2O3/c1-16-8-13-24-21(14-16)17(2)15-25-30(22-6-4-5-7-23(22)32-29(30)36)26(27(18(3)34)33(24)25)28(35)19-9-11-20(31)12-10-19/h4-15,25-27H,1-3H3,(H,32,36)/t25-,26-,27-,30-/m1/s1. The first-order valence-corrected chi connectivity index (χ1v) is 12.0. The number of halogens is 1. The van der Waals surface area contributed by atoms with Crippen molar-refractivity contribution in [1.29, 1.82) is 0 Å². The number of ketones is 2. The van der Waals surface area contributed by atoms with Crippen LogP contribution in [0.4, 0.5) is 15.8 Å². The summed E-state index contributed by atoms with van der Waals surface area (Å²) in [7, 11) is 0. The number of carbonyl (C=O) groups is 3. The van der Waals surface area contributed by atoms with Gasteiger partial charge in [0.15, 0.2) is 11.6 Å². The lowest BCUT2D eigenvalue weighted by Crippen LogP contribution is -2.51. The quantitative estimate of drug-likeness (QED) is 0.531. The number of hydrogen-bond acceptors (Lipinski definition) is 4. The van der Waals surface area contributed by atoms with Gasteiger partial charge in [0.1, 0.15) is 11.2 Å². The minimum absolute atomic E-state index is 0.200. The maximum Gasteiger partial charge on any atom is 0.238 e. The second-order valence-electron chi connectivity index (χ2n) is 10.00. The van der Waals surface area contributed by atoms with Gasteiger partial charge in [0, 0.05) is 22.5 Å². The Morgan fingerprint density at radius 3 is 2.44 bits per heavy atom. The monoisotopic (exact) mass is 480 g/mol. The van der Waals surface area contributed by atoms with Gasteiger partial charge in [-0.15, -0.1) is 0 Å². The molecule has 0 bridgehead atoms. The molecule has 0 aliphatic carbocycles. The molecule has 0 saturated carbocycles. The number of carbonyl (C=O) groups excluding carboxylic acids is 3. The molecule has 6 heteroatoms. The third kappa shape index (κ3) is 2.84. The number of aryl methyl sites for hydroxylation is 1. The summed E-state index contributed by atoms with van der Waals surface area (Å²) >= 11 is 0. The van der Waals surface area contributed by atoms with Crippen molar-refractivity contribution < 1.29 is 18.8 Å². The molecule has 3 aromatic carbocycles. The van der Waals surface area contributed by atoms with Gasteiger partial charge in [-0.1, -0.05) is 35.9 Å². The van der Waals surface area contributed by atoms with E-state index in [0.717, 1.165) is 22.4 Å². The van der Waals surface area contributed by atoms with Gasteiger partial charge in [0.05, 0.1) is 18.0 Å². The van der Waals surface area contributed by atoms with E-state index in [2.05, 4.69) is 11.4 Å². The van der Waals surface area contributed by atoms with E-state index in [-0.39, 0.29) is 23.0 Å². The Bertz CT molecular complexity index is 1490. The molecule has 1 saturated heterocycles. The van der Waals surface area contributed by atoms with Crippen LogP contribution in [0.15, 0.2) is 72.8 Å².